The van der Waals surface area contributed by atoms with Crippen LogP contribution < -0.4 is 0 Å². The monoisotopic (exact) mass is 329 g/mol. The Morgan fingerprint density at radius 2 is 2.30 bits per heavy atom. The van der Waals surface area contributed by atoms with Crippen molar-refractivity contribution >= 4 is 15.9 Å². The van der Waals surface area contributed by atoms with E-state index in [-0.39, 0.29) is 5.41 Å². The first kappa shape index (κ1) is 13.4. The number of imidazole rings is 1. The van der Waals surface area contributed by atoms with E-state index >= 15 is 0 Å². The quantitative estimate of drug-likeness (QED) is 0.859. The third-order valence-corrected chi connectivity index (χ3v) is 4.77. The summed E-state index contributed by atoms with van der Waals surface area (Å²) in [5, 5.41) is 8.89. The molecule has 1 heterocycles. The smallest absolute Gasteiger partial charge is 0.119 e. The van der Waals surface area contributed by atoms with Crippen LogP contribution in [0.25, 0.3) is 0 Å². The zero-order chi connectivity index (χ0) is 14.2. The Hall–Kier alpha value is -1.60. The maximum absolute atomic E-state index is 8.89. The molecule has 0 atom stereocenters. The third kappa shape index (κ3) is 2.06. The fourth-order valence-corrected chi connectivity index (χ4v) is 3.76. The van der Waals surface area contributed by atoms with E-state index in [1.807, 2.05) is 25.5 Å². The van der Waals surface area contributed by atoms with Gasteiger partial charge in [-0.3, -0.25) is 0 Å². The molecule has 0 radical (unpaired) electrons. The first-order valence-electron chi connectivity index (χ1n) is 6.76. The lowest BCUT2D eigenvalue weighted by atomic mass is 9.57. The summed E-state index contributed by atoms with van der Waals surface area (Å²) in [6.45, 7) is 0. The molecule has 3 rings (SSSR count). The molecule has 102 valence electrons. The minimum Gasteiger partial charge on any atom is -0.337 e. The summed E-state index contributed by atoms with van der Waals surface area (Å²) < 4.78 is 3.19. The van der Waals surface area contributed by atoms with Crippen molar-refractivity contribution in [2.24, 2.45) is 13.0 Å². The predicted molar refractivity (Wildman–Crippen MR) is 81.1 cm³/mol. The van der Waals surface area contributed by atoms with E-state index in [0.717, 1.165) is 23.1 Å². The number of hydrogen-bond donors (Lipinski definition) is 0. The summed E-state index contributed by atoms with van der Waals surface area (Å²) in [6, 6.07) is 10.8. The van der Waals surface area contributed by atoms with Crippen LogP contribution in [0.2, 0.25) is 0 Å². The normalized spacial score (nSPS) is 24.9. The van der Waals surface area contributed by atoms with Crippen molar-refractivity contribution in [3.05, 3.63) is 52.5 Å². The lowest BCUT2D eigenvalue weighted by molar-refractivity contribution is 0.172. The summed E-state index contributed by atoms with van der Waals surface area (Å²) in [5.41, 5.74) is 1.25. The number of nitriles is 1. The van der Waals surface area contributed by atoms with E-state index in [2.05, 4.69) is 49.7 Å². The molecule has 4 heteroatoms. The largest absolute Gasteiger partial charge is 0.337 e. The number of aryl methyl sites for hydroxylation is 1. The van der Waals surface area contributed by atoms with Crippen LogP contribution in [0.15, 0.2) is 41.1 Å². The molecule has 1 aromatic heterocycles. The van der Waals surface area contributed by atoms with Gasteiger partial charge in [-0.2, -0.15) is 5.26 Å². The van der Waals surface area contributed by atoms with Crippen LogP contribution in [-0.2, 0) is 12.5 Å². The summed E-state index contributed by atoms with van der Waals surface area (Å²) in [5.74, 6) is 1.58. The molecular weight excluding hydrogens is 314 g/mol. The maximum atomic E-state index is 8.89. The first-order valence-corrected chi connectivity index (χ1v) is 7.56. The molecule has 1 fully saturated rings. The highest BCUT2D eigenvalue weighted by atomic mass is 79.9. The van der Waals surface area contributed by atoms with Gasteiger partial charge in [-0.05, 0) is 36.5 Å². The highest BCUT2D eigenvalue weighted by Crippen LogP contribution is 2.53. The number of aromatic nitrogens is 2. The second-order valence-electron chi connectivity index (χ2n) is 5.59. The second kappa shape index (κ2) is 5.06. The lowest BCUT2D eigenvalue weighted by Crippen LogP contribution is -2.44. The Labute approximate surface area is 127 Å². The van der Waals surface area contributed by atoms with Gasteiger partial charge in [-0.15, -0.1) is 0 Å². The van der Waals surface area contributed by atoms with E-state index in [1.165, 1.54) is 5.56 Å². The van der Waals surface area contributed by atoms with E-state index in [1.54, 1.807) is 0 Å². The topological polar surface area (TPSA) is 41.6 Å². The van der Waals surface area contributed by atoms with Gasteiger partial charge in [0.05, 0.1) is 11.5 Å². The number of nitrogens with zero attached hydrogens (tertiary/aromatic N) is 3. The van der Waals surface area contributed by atoms with E-state index in [9.17, 15) is 0 Å². The van der Waals surface area contributed by atoms with E-state index in [4.69, 9.17) is 5.26 Å². The van der Waals surface area contributed by atoms with Gasteiger partial charge in [0, 0.05) is 30.3 Å². The van der Waals surface area contributed by atoms with Gasteiger partial charge in [0.1, 0.15) is 5.82 Å². The van der Waals surface area contributed by atoms with Crippen molar-refractivity contribution < 1.29 is 0 Å². The molecule has 3 nitrogen and oxygen atoms in total. The van der Waals surface area contributed by atoms with Crippen molar-refractivity contribution in [3.8, 4) is 6.07 Å². The predicted octanol–water partition coefficient (Wildman–Crippen LogP) is 3.79. The molecular formula is C16H16BrN3. The zero-order valence-electron chi connectivity index (χ0n) is 11.4. The molecule has 0 spiro atoms. The molecule has 0 saturated heterocycles. The van der Waals surface area contributed by atoms with Gasteiger partial charge in [0.25, 0.3) is 0 Å². The van der Waals surface area contributed by atoms with Gasteiger partial charge < -0.3 is 4.57 Å². The average molecular weight is 330 g/mol. The molecule has 0 bridgehead atoms. The summed E-state index contributed by atoms with van der Waals surface area (Å²) in [6.07, 6.45) is 6.49. The summed E-state index contributed by atoms with van der Waals surface area (Å²) >= 11 is 3.56. The molecule has 0 aliphatic heterocycles. The van der Waals surface area contributed by atoms with Crippen molar-refractivity contribution in [1.82, 2.24) is 9.55 Å². The van der Waals surface area contributed by atoms with Gasteiger partial charge in [-0.25, -0.2) is 4.98 Å². The molecule has 0 amide bonds. The Morgan fingerprint density at radius 3 is 2.90 bits per heavy atom. The Morgan fingerprint density at radius 1 is 1.50 bits per heavy atom. The van der Waals surface area contributed by atoms with Crippen LogP contribution in [0, 0.1) is 17.2 Å². The van der Waals surface area contributed by atoms with Crippen molar-refractivity contribution in [1.29, 1.82) is 5.26 Å². The van der Waals surface area contributed by atoms with Crippen molar-refractivity contribution in [2.45, 2.75) is 24.7 Å². The Bertz CT molecular complexity index is 662. The van der Waals surface area contributed by atoms with Crippen molar-refractivity contribution in [3.63, 3.8) is 0 Å². The standard InChI is InChI=1S/C16H16BrN3/c1-20-8-7-19-15(20)16(10-12(11-16)5-6-18)13-3-2-4-14(17)9-13/h2-4,7-9,12H,5,10-11H2,1H3/t12-,16-. The highest BCUT2D eigenvalue weighted by molar-refractivity contribution is 9.10. The second-order valence-corrected chi connectivity index (χ2v) is 6.51. The van der Waals surface area contributed by atoms with E-state index < -0.39 is 0 Å². The van der Waals surface area contributed by atoms with Gasteiger partial charge in [0.2, 0.25) is 0 Å². The van der Waals surface area contributed by atoms with Crippen LogP contribution in [0.3, 0.4) is 0 Å². The number of rotatable bonds is 3. The minimum atomic E-state index is -0.0381. The molecule has 0 unspecified atom stereocenters. The maximum Gasteiger partial charge on any atom is 0.119 e. The van der Waals surface area contributed by atoms with E-state index in [0.29, 0.717) is 12.3 Å². The lowest BCUT2D eigenvalue weighted by Gasteiger charge is -2.47. The minimum absolute atomic E-state index is 0.0381. The number of halogens is 1. The van der Waals surface area contributed by atoms with Crippen LogP contribution >= 0.6 is 15.9 Å². The zero-order valence-corrected chi connectivity index (χ0v) is 13.0. The fraction of sp³-hybridized carbons (Fsp3) is 0.375. The Kier molecular flexibility index (Phi) is 3.39. The number of hydrogen-bond acceptors (Lipinski definition) is 2. The molecule has 1 aliphatic carbocycles. The Balaban J connectivity index is 2.03. The van der Waals surface area contributed by atoms with Crippen LogP contribution in [-0.4, -0.2) is 9.55 Å². The highest BCUT2D eigenvalue weighted by Gasteiger charge is 2.49. The van der Waals surface area contributed by atoms with Gasteiger partial charge >= 0.3 is 0 Å². The van der Waals surface area contributed by atoms with Gasteiger partial charge in [-0.1, -0.05) is 28.1 Å². The molecule has 2 aromatic rings. The molecule has 1 aliphatic rings. The average Bonchev–Trinajstić information content (AvgIpc) is 2.80. The summed E-state index contributed by atoms with van der Waals surface area (Å²) in [7, 11) is 2.04. The van der Waals surface area contributed by atoms with Crippen LogP contribution in [0.5, 0.6) is 0 Å². The van der Waals surface area contributed by atoms with Crippen molar-refractivity contribution in [2.75, 3.05) is 0 Å². The molecule has 20 heavy (non-hydrogen) atoms. The fourth-order valence-electron chi connectivity index (χ4n) is 3.36. The SMILES string of the molecule is Cn1ccnc1[C@]1(c2cccc(Br)c2)C[C@@H](CC#N)C1. The van der Waals surface area contributed by atoms with Gasteiger partial charge in [0.15, 0.2) is 0 Å². The van der Waals surface area contributed by atoms with Crippen LogP contribution in [0.1, 0.15) is 30.7 Å². The molecule has 1 saturated carbocycles. The number of benzene rings is 1. The summed E-state index contributed by atoms with van der Waals surface area (Å²) in [4.78, 5) is 4.58. The first-order chi connectivity index (χ1) is 9.65. The molecule has 1 aromatic carbocycles. The molecule has 0 N–H and O–H groups in total. The van der Waals surface area contributed by atoms with Crippen LogP contribution in [0.4, 0.5) is 0 Å². The third-order valence-electron chi connectivity index (χ3n) is 4.28.